The van der Waals surface area contributed by atoms with Crippen LogP contribution in [-0.2, 0) is 11.8 Å². The van der Waals surface area contributed by atoms with Crippen LogP contribution in [0.4, 0.5) is 0 Å². The zero-order chi connectivity index (χ0) is 14.9. The Balaban J connectivity index is 1.76. The van der Waals surface area contributed by atoms with E-state index >= 15 is 0 Å². The summed E-state index contributed by atoms with van der Waals surface area (Å²) in [6, 6.07) is 8.24. The van der Waals surface area contributed by atoms with Crippen molar-refractivity contribution in [3.63, 3.8) is 0 Å². The van der Waals surface area contributed by atoms with Gasteiger partial charge in [0.05, 0.1) is 19.8 Å². The summed E-state index contributed by atoms with van der Waals surface area (Å²) >= 11 is 1.62. The molecule has 1 fully saturated rings. The fraction of sp³-hybridized carbons (Fsp3) is 0.467. The topological polar surface area (TPSA) is 60.2 Å². The van der Waals surface area contributed by atoms with Gasteiger partial charge in [-0.2, -0.15) is 0 Å². The number of aryl methyl sites for hydroxylation is 1. The maximum absolute atomic E-state index is 9.46. The van der Waals surface area contributed by atoms with Gasteiger partial charge >= 0.3 is 0 Å². The molecule has 0 bridgehead atoms. The van der Waals surface area contributed by atoms with Gasteiger partial charge in [-0.15, -0.1) is 10.2 Å². The average Bonchev–Trinajstić information content (AvgIpc) is 2.80. The number of rotatable bonds is 5. The smallest absolute Gasteiger partial charge is 0.191 e. The molecule has 6 heteroatoms. The van der Waals surface area contributed by atoms with E-state index in [0.717, 1.165) is 22.3 Å². The third kappa shape index (κ3) is 2.84. The fourth-order valence-electron chi connectivity index (χ4n) is 2.30. The highest BCUT2D eigenvalue weighted by molar-refractivity contribution is 7.99. The highest BCUT2D eigenvalue weighted by Gasteiger charge is 2.38. The van der Waals surface area contributed by atoms with Crippen molar-refractivity contribution < 1.29 is 9.84 Å². The Hall–Kier alpha value is -1.37. The number of hydrogen-bond acceptors (Lipinski definition) is 5. The monoisotopic (exact) mass is 305 g/mol. The van der Waals surface area contributed by atoms with Crippen molar-refractivity contribution in [3.05, 3.63) is 29.8 Å². The second-order valence-corrected chi connectivity index (χ2v) is 6.62. The standard InChI is InChI=1S/C15H19N3O2S/c1-11-4-3-5-12(6-11)13-16-17-14(18(13)2)21-10-15(7-19)8-20-9-15/h3-6,19H,7-10H2,1-2H3. The molecule has 112 valence electrons. The molecule has 1 aromatic heterocycles. The Labute approximate surface area is 128 Å². The van der Waals surface area contributed by atoms with E-state index in [1.54, 1.807) is 11.8 Å². The van der Waals surface area contributed by atoms with Crippen LogP contribution in [0.3, 0.4) is 0 Å². The molecule has 1 saturated heterocycles. The summed E-state index contributed by atoms with van der Waals surface area (Å²) in [5.74, 6) is 1.66. The molecule has 0 atom stereocenters. The highest BCUT2D eigenvalue weighted by Crippen LogP contribution is 2.34. The summed E-state index contributed by atoms with van der Waals surface area (Å²) in [5, 5.41) is 18.9. The van der Waals surface area contributed by atoms with Gasteiger partial charge in [-0.25, -0.2) is 0 Å². The van der Waals surface area contributed by atoms with Crippen LogP contribution in [0.5, 0.6) is 0 Å². The Kier molecular flexibility index (Phi) is 4.01. The number of nitrogens with zero attached hydrogens (tertiary/aromatic N) is 3. The van der Waals surface area contributed by atoms with Crippen LogP contribution in [-0.4, -0.2) is 45.4 Å². The van der Waals surface area contributed by atoms with Crippen LogP contribution < -0.4 is 0 Å². The molecule has 0 unspecified atom stereocenters. The number of aromatic nitrogens is 3. The predicted molar refractivity (Wildman–Crippen MR) is 82.2 cm³/mol. The van der Waals surface area contributed by atoms with Crippen LogP contribution in [0, 0.1) is 12.3 Å². The summed E-state index contributed by atoms with van der Waals surface area (Å²) < 4.78 is 7.22. The summed E-state index contributed by atoms with van der Waals surface area (Å²) in [5.41, 5.74) is 2.16. The van der Waals surface area contributed by atoms with Crippen molar-refractivity contribution in [2.24, 2.45) is 12.5 Å². The molecular formula is C15H19N3O2S. The minimum atomic E-state index is -0.111. The Morgan fingerprint density at radius 3 is 2.81 bits per heavy atom. The van der Waals surface area contributed by atoms with Gasteiger partial charge in [-0.1, -0.05) is 35.5 Å². The van der Waals surface area contributed by atoms with Crippen LogP contribution in [0.1, 0.15) is 5.56 Å². The molecule has 0 saturated carbocycles. The first-order chi connectivity index (χ1) is 10.1. The van der Waals surface area contributed by atoms with Crippen molar-refractivity contribution in [2.45, 2.75) is 12.1 Å². The third-order valence-electron chi connectivity index (χ3n) is 3.77. The van der Waals surface area contributed by atoms with Crippen molar-refractivity contribution >= 4 is 11.8 Å². The summed E-state index contributed by atoms with van der Waals surface area (Å²) in [6.07, 6.45) is 0. The third-order valence-corrected chi connectivity index (χ3v) is 5.14. The summed E-state index contributed by atoms with van der Waals surface area (Å²) in [6.45, 7) is 3.47. The quantitative estimate of drug-likeness (QED) is 0.855. The molecule has 1 aliphatic rings. The SMILES string of the molecule is Cc1cccc(-c2nnc(SCC3(CO)COC3)n2C)c1. The summed E-state index contributed by atoms with van der Waals surface area (Å²) in [4.78, 5) is 0. The van der Waals surface area contributed by atoms with Gasteiger partial charge in [-0.3, -0.25) is 0 Å². The van der Waals surface area contributed by atoms with Crippen LogP contribution >= 0.6 is 11.8 Å². The molecule has 5 nitrogen and oxygen atoms in total. The highest BCUT2D eigenvalue weighted by atomic mass is 32.2. The van der Waals surface area contributed by atoms with Gasteiger partial charge in [0.25, 0.3) is 0 Å². The van der Waals surface area contributed by atoms with Gasteiger partial charge in [0.1, 0.15) is 0 Å². The lowest BCUT2D eigenvalue weighted by Crippen LogP contribution is -2.47. The number of ether oxygens (including phenoxy) is 1. The van der Waals surface area contributed by atoms with Crippen molar-refractivity contribution in [1.82, 2.24) is 14.8 Å². The van der Waals surface area contributed by atoms with E-state index in [1.807, 2.05) is 23.7 Å². The van der Waals surface area contributed by atoms with Gasteiger partial charge in [0.15, 0.2) is 11.0 Å². The van der Waals surface area contributed by atoms with E-state index in [1.165, 1.54) is 5.56 Å². The zero-order valence-electron chi connectivity index (χ0n) is 12.2. The number of benzene rings is 1. The lowest BCUT2D eigenvalue weighted by molar-refractivity contribution is -0.121. The minimum Gasteiger partial charge on any atom is -0.396 e. The first kappa shape index (κ1) is 14.6. The van der Waals surface area contributed by atoms with E-state index in [2.05, 4.69) is 29.3 Å². The van der Waals surface area contributed by atoms with Gasteiger partial charge in [-0.05, 0) is 13.0 Å². The molecule has 0 amide bonds. The molecule has 0 aliphatic carbocycles. The number of aliphatic hydroxyl groups excluding tert-OH is 1. The van der Waals surface area contributed by atoms with E-state index in [-0.39, 0.29) is 12.0 Å². The molecule has 0 radical (unpaired) electrons. The predicted octanol–water partition coefficient (Wildman–Crippen LogP) is 1.89. The first-order valence-electron chi connectivity index (χ1n) is 6.91. The zero-order valence-corrected chi connectivity index (χ0v) is 13.1. The maximum atomic E-state index is 9.46. The lowest BCUT2D eigenvalue weighted by atomic mass is 9.90. The second-order valence-electron chi connectivity index (χ2n) is 5.67. The van der Waals surface area contributed by atoms with Crippen molar-refractivity contribution in [3.8, 4) is 11.4 Å². The molecule has 3 rings (SSSR count). The normalized spacial score (nSPS) is 16.7. The van der Waals surface area contributed by atoms with E-state index in [0.29, 0.717) is 13.2 Å². The van der Waals surface area contributed by atoms with Gasteiger partial charge < -0.3 is 14.4 Å². The molecule has 1 aliphatic heterocycles. The minimum absolute atomic E-state index is 0.111. The lowest BCUT2D eigenvalue weighted by Gasteiger charge is -2.39. The Morgan fingerprint density at radius 2 is 2.19 bits per heavy atom. The fourth-order valence-corrected chi connectivity index (χ4v) is 3.38. The molecule has 2 heterocycles. The van der Waals surface area contributed by atoms with Crippen LogP contribution in [0.25, 0.3) is 11.4 Å². The molecule has 2 aromatic rings. The first-order valence-corrected chi connectivity index (χ1v) is 7.90. The molecule has 0 spiro atoms. The van der Waals surface area contributed by atoms with Crippen LogP contribution in [0.2, 0.25) is 0 Å². The van der Waals surface area contributed by atoms with Gasteiger partial charge in [0, 0.05) is 23.8 Å². The van der Waals surface area contributed by atoms with Gasteiger partial charge in [0.2, 0.25) is 0 Å². The molecular weight excluding hydrogens is 286 g/mol. The van der Waals surface area contributed by atoms with E-state index < -0.39 is 0 Å². The van der Waals surface area contributed by atoms with Crippen LogP contribution in [0.15, 0.2) is 29.4 Å². The molecule has 1 N–H and O–H groups in total. The largest absolute Gasteiger partial charge is 0.396 e. The Morgan fingerprint density at radius 1 is 1.38 bits per heavy atom. The Bertz CT molecular complexity index is 632. The summed E-state index contributed by atoms with van der Waals surface area (Å²) in [7, 11) is 1.98. The number of thioether (sulfide) groups is 1. The maximum Gasteiger partial charge on any atom is 0.191 e. The average molecular weight is 305 g/mol. The number of aliphatic hydroxyl groups is 1. The van der Waals surface area contributed by atoms with E-state index in [4.69, 9.17) is 4.74 Å². The number of hydrogen-bond donors (Lipinski definition) is 1. The van der Waals surface area contributed by atoms with Crippen molar-refractivity contribution in [2.75, 3.05) is 25.6 Å². The van der Waals surface area contributed by atoms with Crippen molar-refractivity contribution in [1.29, 1.82) is 0 Å². The molecule has 1 aromatic carbocycles. The molecule has 21 heavy (non-hydrogen) atoms. The second kappa shape index (κ2) is 5.79. The van der Waals surface area contributed by atoms with E-state index in [9.17, 15) is 5.11 Å².